The van der Waals surface area contributed by atoms with Crippen LogP contribution in [0.15, 0.2) is 29.0 Å². The Balaban J connectivity index is 2.22. The summed E-state index contributed by atoms with van der Waals surface area (Å²) in [4.78, 5) is 18.5. The summed E-state index contributed by atoms with van der Waals surface area (Å²) in [6, 6.07) is 1.97. The second kappa shape index (κ2) is 5.32. The maximum Gasteiger partial charge on any atom is 0.433 e. The lowest BCUT2D eigenvalue weighted by atomic mass is 10.2. The van der Waals surface area contributed by atoms with Gasteiger partial charge in [-0.1, -0.05) is 0 Å². The first-order valence-electron chi connectivity index (χ1n) is 5.58. The van der Waals surface area contributed by atoms with E-state index >= 15 is 0 Å². The first kappa shape index (κ1) is 14.0. The van der Waals surface area contributed by atoms with Gasteiger partial charge in [-0.15, -0.1) is 0 Å². The molecule has 20 heavy (non-hydrogen) atoms. The topological polar surface area (TPSA) is 65.2 Å². The van der Waals surface area contributed by atoms with E-state index in [0.717, 1.165) is 24.6 Å². The van der Waals surface area contributed by atoms with Crippen molar-refractivity contribution < 1.29 is 27.1 Å². The number of aromatic nitrogens is 2. The smallest absolute Gasteiger partial charge is 0.433 e. The fraction of sp³-hybridized carbons (Fsp3) is 0.250. The molecule has 8 heteroatoms. The molecule has 0 radical (unpaired) electrons. The lowest BCUT2D eigenvalue weighted by Crippen LogP contribution is -2.07. The minimum absolute atomic E-state index is 0.00530. The Morgan fingerprint density at radius 3 is 2.70 bits per heavy atom. The van der Waals surface area contributed by atoms with Crippen LogP contribution >= 0.6 is 0 Å². The first-order chi connectivity index (χ1) is 9.41. The van der Waals surface area contributed by atoms with Gasteiger partial charge in [0.05, 0.1) is 12.2 Å². The third-order valence-electron chi connectivity index (χ3n) is 2.29. The third kappa shape index (κ3) is 2.95. The van der Waals surface area contributed by atoms with Gasteiger partial charge in [-0.2, -0.15) is 13.2 Å². The molecule has 0 fully saturated rings. The average Bonchev–Trinajstić information content (AvgIpc) is 2.88. The molecule has 0 aromatic carbocycles. The number of rotatable bonds is 3. The minimum atomic E-state index is -4.51. The van der Waals surface area contributed by atoms with Crippen molar-refractivity contribution in [3.05, 3.63) is 36.0 Å². The zero-order valence-electron chi connectivity index (χ0n) is 10.3. The highest BCUT2D eigenvalue weighted by atomic mass is 19.4. The number of hydrogen-bond acceptors (Lipinski definition) is 5. The lowest BCUT2D eigenvalue weighted by molar-refractivity contribution is -0.141. The molecule has 0 saturated carbocycles. The Bertz CT molecular complexity index is 605. The maximum absolute atomic E-state index is 12.4. The molecule has 106 valence electrons. The quantitative estimate of drug-likeness (QED) is 0.812. The van der Waals surface area contributed by atoms with Crippen LogP contribution in [-0.4, -0.2) is 22.5 Å². The van der Waals surface area contributed by atoms with Crippen molar-refractivity contribution in [2.75, 3.05) is 6.61 Å². The van der Waals surface area contributed by atoms with Crippen LogP contribution < -0.4 is 0 Å². The Labute approximate surface area is 111 Å². The molecule has 0 saturated heterocycles. The predicted molar refractivity (Wildman–Crippen MR) is 60.7 cm³/mol. The number of halogens is 3. The van der Waals surface area contributed by atoms with E-state index in [1.54, 1.807) is 6.92 Å². The van der Waals surface area contributed by atoms with Crippen molar-refractivity contribution in [3.8, 4) is 11.5 Å². The van der Waals surface area contributed by atoms with Gasteiger partial charge in [-0.25, -0.2) is 9.78 Å². The summed E-state index contributed by atoms with van der Waals surface area (Å²) in [5.74, 6) is -0.670. The van der Waals surface area contributed by atoms with Gasteiger partial charge in [0.15, 0.2) is 5.69 Å². The summed E-state index contributed by atoms with van der Waals surface area (Å²) in [5.41, 5.74) is -0.839. The van der Waals surface area contributed by atoms with Crippen LogP contribution in [0.25, 0.3) is 11.5 Å². The summed E-state index contributed by atoms with van der Waals surface area (Å²) < 4.78 is 46.8. The highest BCUT2D eigenvalue weighted by Crippen LogP contribution is 2.28. The van der Waals surface area contributed by atoms with Crippen molar-refractivity contribution >= 4 is 5.97 Å². The van der Waals surface area contributed by atoms with E-state index in [4.69, 9.17) is 9.15 Å². The van der Waals surface area contributed by atoms with E-state index in [2.05, 4.69) is 9.97 Å². The largest absolute Gasteiger partial charge is 0.461 e. The molecule has 2 aromatic rings. The molecule has 0 aliphatic rings. The van der Waals surface area contributed by atoms with Crippen LogP contribution in [0.1, 0.15) is 23.1 Å². The Hall–Kier alpha value is -2.38. The molecule has 0 atom stereocenters. The number of oxazole rings is 1. The SMILES string of the molecule is CCOC(=O)c1coc(-c2ccc(C(F)(F)F)nc2)n1. The number of carbonyl (C=O) groups is 1. The van der Waals surface area contributed by atoms with E-state index in [9.17, 15) is 18.0 Å². The highest BCUT2D eigenvalue weighted by molar-refractivity contribution is 5.87. The maximum atomic E-state index is 12.4. The number of nitrogens with zero attached hydrogens (tertiary/aromatic N) is 2. The molecule has 0 bridgehead atoms. The molecule has 0 aliphatic heterocycles. The monoisotopic (exact) mass is 286 g/mol. The summed E-state index contributed by atoms with van der Waals surface area (Å²) in [5, 5.41) is 0. The van der Waals surface area contributed by atoms with Crippen LogP contribution in [0.2, 0.25) is 0 Å². The van der Waals surface area contributed by atoms with Gasteiger partial charge >= 0.3 is 12.1 Å². The van der Waals surface area contributed by atoms with E-state index in [-0.39, 0.29) is 23.8 Å². The summed E-state index contributed by atoms with van der Waals surface area (Å²) in [6.07, 6.45) is -2.46. The van der Waals surface area contributed by atoms with E-state index in [1.807, 2.05) is 0 Å². The molecule has 0 N–H and O–H groups in total. The number of ether oxygens (including phenoxy) is 1. The van der Waals surface area contributed by atoms with Crippen LogP contribution in [0.4, 0.5) is 13.2 Å². The van der Waals surface area contributed by atoms with Gasteiger partial charge < -0.3 is 9.15 Å². The van der Waals surface area contributed by atoms with E-state index in [0.29, 0.717) is 0 Å². The predicted octanol–water partition coefficient (Wildman–Crippen LogP) is 2.93. The van der Waals surface area contributed by atoms with Gasteiger partial charge in [0.2, 0.25) is 5.89 Å². The van der Waals surface area contributed by atoms with Crippen molar-refractivity contribution in [1.82, 2.24) is 9.97 Å². The molecule has 0 amide bonds. The Kier molecular flexibility index (Phi) is 3.73. The number of esters is 1. The first-order valence-corrected chi connectivity index (χ1v) is 5.58. The number of hydrogen-bond donors (Lipinski definition) is 0. The van der Waals surface area contributed by atoms with Gasteiger partial charge in [-0.3, -0.25) is 4.98 Å². The fourth-order valence-corrected chi connectivity index (χ4v) is 1.39. The Morgan fingerprint density at radius 1 is 1.40 bits per heavy atom. The molecular weight excluding hydrogens is 277 g/mol. The summed E-state index contributed by atoms with van der Waals surface area (Å²) >= 11 is 0. The second-order valence-corrected chi connectivity index (χ2v) is 3.69. The van der Waals surface area contributed by atoms with Crippen LogP contribution in [0.5, 0.6) is 0 Å². The average molecular weight is 286 g/mol. The molecule has 2 heterocycles. The normalized spacial score (nSPS) is 11.4. The molecule has 2 aromatic heterocycles. The molecule has 0 unspecified atom stereocenters. The van der Waals surface area contributed by atoms with E-state index in [1.165, 1.54) is 0 Å². The Morgan fingerprint density at radius 2 is 2.15 bits per heavy atom. The van der Waals surface area contributed by atoms with Crippen molar-refractivity contribution in [1.29, 1.82) is 0 Å². The molecule has 2 rings (SSSR count). The fourth-order valence-electron chi connectivity index (χ4n) is 1.39. The molecule has 5 nitrogen and oxygen atoms in total. The van der Waals surface area contributed by atoms with Crippen LogP contribution in [0, 0.1) is 0 Å². The van der Waals surface area contributed by atoms with Crippen LogP contribution in [-0.2, 0) is 10.9 Å². The van der Waals surface area contributed by atoms with Gasteiger partial charge in [-0.05, 0) is 19.1 Å². The molecular formula is C12H9F3N2O3. The van der Waals surface area contributed by atoms with Crippen LogP contribution in [0.3, 0.4) is 0 Å². The third-order valence-corrected chi connectivity index (χ3v) is 2.29. The standard InChI is InChI=1S/C12H9F3N2O3/c1-2-19-11(18)8-6-20-10(17-8)7-3-4-9(16-5-7)12(13,14)15/h3-6H,2H2,1H3. The molecule has 0 aliphatic carbocycles. The van der Waals surface area contributed by atoms with Crippen molar-refractivity contribution in [2.45, 2.75) is 13.1 Å². The van der Waals surface area contributed by atoms with E-state index < -0.39 is 17.8 Å². The zero-order valence-corrected chi connectivity index (χ0v) is 10.3. The van der Waals surface area contributed by atoms with Gasteiger partial charge in [0, 0.05) is 6.20 Å². The van der Waals surface area contributed by atoms with Gasteiger partial charge in [0.25, 0.3) is 0 Å². The van der Waals surface area contributed by atoms with Gasteiger partial charge in [0.1, 0.15) is 12.0 Å². The number of carbonyl (C=O) groups excluding carboxylic acids is 1. The highest BCUT2D eigenvalue weighted by Gasteiger charge is 2.32. The number of alkyl halides is 3. The number of pyridine rings is 1. The minimum Gasteiger partial charge on any atom is -0.461 e. The van der Waals surface area contributed by atoms with Crippen molar-refractivity contribution in [3.63, 3.8) is 0 Å². The summed E-state index contributed by atoms with van der Waals surface area (Å²) in [6.45, 7) is 1.82. The lowest BCUT2D eigenvalue weighted by Gasteiger charge is -2.04. The second-order valence-electron chi connectivity index (χ2n) is 3.69. The molecule has 0 spiro atoms. The summed E-state index contributed by atoms with van der Waals surface area (Å²) in [7, 11) is 0. The zero-order chi connectivity index (χ0) is 14.8. The van der Waals surface area contributed by atoms with Crippen molar-refractivity contribution in [2.24, 2.45) is 0 Å².